The molecule has 0 fully saturated rings. The van der Waals surface area contributed by atoms with Crippen molar-refractivity contribution in [3.05, 3.63) is 42.5 Å². The summed E-state index contributed by atoms with van der Waals surface area (Å²) in [6.07, 6.45) is 1.65. The van der Waals surface area contributed by atoms with Crippen LogP contribution in [0.5, 0.6) is 11.5 Å². The predicted octanol–water partition coefficient (Wildman–Crippen LogP) is 6.04. The van der Waals surface area contributed by atoms with Gasteiger partial charge in [0.1, 0.15) is 34.7 Å². The van der Waals surface area contributed by atoms with Crippen LogP contribution in [0.4, 0.5) is 0 Å². The number of pyridine rings is 1. The first-order valence-corrected chi connectivity index (χ1v) is 12.9. The lowest BCUT2D eigenvalue weighted by molar-refractivity contribution is -0.0191. The number of hydrogen-bond acceptors (Lipinski definition) is 6. The third-order valence-electron chi connectivity index (χ3n) is 6.00. The molecule has 4 rings (SSSR count). The predicted molar refractivity (Wildman–Crippen MR) is 139 cm³/mol. The summed E-state index contributed by atoms with van der Waals surface area (Å²) in [6, 6.07) is 14.4. The van der Waals surface area contributed by atoms with Crippen LogP contribution < -0.4 is 9.47 Å². The van der Waals surface area contributed by atoms with E-state index in [4.69, 9.17) is 28.7 Å². The van der Waals surface area contributed by atoms with E-state index in [1.165, 1.54) is 0 Å². The van der Waals surface area contributed by atoms with Crippen LogP contribution in [-0.4, -0.2) is 56.8 Å². The van der Waals surface area contributed by atoms with Gasteiger partial charge in [0.05, 0.1) is 39.6 Å². The SMILES string of the molecule is CC(C)C[C@@H]1COCCOCCOC[C@@H](CC(C)C)Oc2cccc3cc4cccc(c4nc23)O1. The minimum absolute atomic E-state index is 0.0674. The minimum Gasteiger partial charge on any atom is -0.486 e. The standard InChI is InChI=1S/C29H39NO5/c1-20(2)15-24-18-32-13-11-31-12-14-33-19-25(16-21(3)4)35-27-10-6-8-23-17-22-7-5-9-26(34-24)28(22)30-29(23)27/h5-10,17,20-21,24-25H,11-16,18-19H2,1-4H3/t24-,25-/m1/s1. The zero-order chi connectivity index (χ0) is 24.6. The lowest BCUT2D eigenvalue weighted by Gasteiger charge is -2.23. The number of para-hydroxylation sites is 2. The smallest absolute Gasteiger partial charge is 0.146 e. The van der Waals surface area contributed by atoms with Crippen LogP contribution in [0.2, 0.25) is 0 Å². The lowest BCUT2D eigenvalue weighted by Crippen LogP contribution is -2.27. The molecule has 3 aromatic rings. The second-order valence-electron chi connectivity index (χ2n) is 10.1. The van der Waals surface area contributed by atoms with E-state index in [1.54, 1.807) is 0 Å². The first-order chi connectivity index (χ1) is 17.0. The molecule has 0 aliphatic carbocycles. The first kappa shape index (κ1) is 25.7. The Bertz CT molecular complexity index is 1000. The lowest BCUT2D eigenvalue weighted by atomic mass is 10.1. The average Bonchev–Trinajstić information content (AvgIpc) is 2.81. The molecule has 35 heavy (non-hydrogen) atoms. The highest BCUT2D eigenvalue weighted by Gasteiger charge is 2.19. The Morgan fingerprint density at radius 2 is 1.14 bits per heavy atom. The van der Waals surface area contributed by atoms with Crippen molar-refractivity contribution >= 4 is 21.8 Å². The number of hydrogen-bond donors (Lipinski definition) is 0. The van der Waals surface area contributed by atoms with Crippen molar-refractivity contribution in [2.75, 3.05) is 39.6 Å². The number of nitrogens with zero attached hydrogens (tertiary/aromatic N) is 1. The normalized spacial score (nSPS) is 20.7. The van der Waals surface area contributed by atoms with Crippen LogP contribution in [0.1, 0.15) is 40.5 Å². The molecular formula is C29H39NO5. The minimum atomic E-state index is -0.0674. The molecule has 6 heteroatoms. The molecule has 2 bridgehead atoms. The van der Waals surface area contributed by atoms with Gasteiger partial charge in [0.25, 0.3) is 0 Å². The summed E-state index contributed by atoms with van der Waals surface area (Å²) in [4.78, 5) is 5.08. The van der Waals surface area contributed by atoms with Gasteiger partial charge in [-0.05, 0) is 42.9 Å². The summed E-state index contributed by atoms with van der Waals surface area (Å²) in [5, 5.41) is 2.09. The van der Waals surface area contributed by atoms with Crippen molar-refractivity contribution in [2.45, 2.75) is 52.7 Å². The molecule has 2 heterocycles. The van der Waals surface area contributed by atoms with Crippen molar-refractivity contribution in [3.63, 3.8) is 0 Å². The second-order valence-corrected chi connectivity index (χ2v) is 10.1. The van der Waals surface area contributed by atoms with Crippen molar-refractivity contribution in [3.8, 4) is 11.5 Å². The summed E-state index contributed by atoms with van der Waals surface area (Å²) in [5.41, 5.74) is 1.68. The molecule has 0 amide bonds. The molecule has 1 aliphatic heterocycles. The molecule has 1 aromatic heterocycles. The van der Waals surface area contributed by atoms with Gasteiger partial charge in [-0.15, -0.1) is 0 Å². The summed E-state index contributed by atoms with van der Waals surface area (Å²) >= 11 is 0. The van der Waals surface area contributed by atoms with Crippen molar-refractivity contribution in [2.24, 2.45) is 11.8 Å². The van der Waals surface area contributed by atoms with E-state index in [1.807, 2.05) is 24.3 Å². The van der Waals surface area contributed by atoms with Gasteiger partial charge < -0.3 is 23.7 Å². The summed E-state index contributed by atoms with van der Waals surface area (Å²) in [7, 11) is 0. The number of benzene rings is 2. The number of aromatic nitrogens is 1. The van der Waals surface area contributed by atoms with Crippen LogP contribution in [0.25, 0.3) is 21.8 Å². The van der Waals surface area contributed by atoms with Gasteiger partial charge in [-0.2, -0.15) is 0 Å². The molecule has 190 valence electrons. The van der Waals surface area contributed by atoms with Gasteiger partial charge in [-0.25, -0.2) is 4.98 Å². The third-order valence-corrected chi connectivity index (χ3v) is 6.00. The van der Waals surface area contributed by atoms with Crippen molar-refractivity contribution in [1.29, 1.82) is 0 Å². The fraction of sp³-hybridized carbons (Fsp3) is 0.552. The molecule has 1 aliphatic rings. The average molecular weight is 482 g/mol. The Labute approximate surface area is 208 Å². The quantitative estimate of drug-likeness (QED) is 0.424. The van der Waals surface area contributed by atoms with Crippen LogP contribution in [0.3, 0.4) is 0 Å². The Morgan fingerprint density at radius 3 is 1.60 bits per heavy atom. The highest BCUT2D eigenvalue weighted by atomic mass is 16.6. The van der Waals surface area contributed by atoms with E-state index in [-0.39, 0.29) is 12.2 Å². The maximum absolute atomic E-state index is 6.51. The fourth-order valence-corrected chi connectivity index (χ4v) is 4.50. The van der Waals surface area contributed by atoms with Gasteiger partial charge in [0, 0.05) is 10.8 Å². The molecule has 2 atom stereocenters. The summed E-state index contributed by atoms with van der Waals surface area (Å²) in [5.74, 6) is 2.51. The topological polar surface area (TPSA) is 59.0 Å². The summed E-state index contributed by atoms with van der Waals surface area (Å²) < 4.78 is 30.6. The zero-order valence-electron chi connectivity index (χ0n) is 21.5. The van der Waals surface area contributed by atoms with Crippen LogP contribution in [0, 0.1) is 11.8 Å². The van der Waals surface area contributed by atoms with E-state index in [0.29, 0.717) is 51.5 Å². The molecule has 0 N–H and O–H groups in total. The van der Waals surface area contributed by atoms with E-state index in [9.17, 15) is 0 Å². The number of rotatable bonds is 4. The molecule has 6 nitrogen and oxygen atoms in total. The maximum atomic E-state index is 6.51. The first-order valence-electron chi connectivity index (χ1n) is 12.9. The van der Waals surface area contributed by atoms with Gasteiger partial charge in [0.2, 0.25) is 0 Å². The number of ether oxygens (including phenoxy) is 5. The molecule has 0 radical (unpaired) electrons. The molecule has 0 spiro atoms. The molecule has 0 saturated heterocycles. The Hall–Kier alpha value is -2.41. The van der Waals surface area contributed by atoms with Crippen LogP contribution in [0.15, 0.2) is 42.5 Å². The summed E-state index contributed by atoms with van der Waals surface area (Å²) in [6.45, 7) is 11.9. The highest BCUT2D eigenvalue weighted by molar-refractivity contribution is 5.97. The van der Waals surface area contributed by atoms with Gasteiger partial charge >= 0.3 is 0 Å². The van der Waals surface area contributed by atoms with E-state index in [2.05, 4.69) is 45.9 Å². The van der Waals surface area contributed by atoms with Gasteiger partial charge in [0.15, 0.2) is 0 Å². The van der Waals surface area contributed by atoms with Crippen LogP contribution in [-0.2, 0) is 14.2 Å². The monoisotopic (exact) mass is 481 g/mol. The van der Waals surface area contributed by atoms with E-state index < -0.39 is 0 Å². The maximum Gasteiger partial charge on any atom is 0.146 e. The van der Waals surface area contributed by atoms with Gasteiger partial charge in [-0.3, -0.25) is 0 Å². The zero-order valence-corrected chi connectivity index (χ0v) is 21.5. The van der Waals surface area contributed by atoms with E-state index >= 15 is 0 Å². The van der Waals surface area contributed by atoms with Crippen molar-refractivity contribution in [1.82, 2.24) is 4.98 Å². The Morgan fingerprint density at radius 1 is 0.686 bits per heavy atom. The Balaban J connectivity index is 1.73. The molecule has 0 unspecified atom stereocenters. The molecule has 2 aromatic carbocycles. The van der Waals surface area contributed by atoms with Gasteiger partial charge in [-0.1, -0.05) is 52.0 Å². The van der Waals surface area contributed by atoms with E-state index in [0.717, 1.165) is 46.1 Å². The third kappa shape index (κ3) is 7.29. The molecule has 0 saturated carbocycles. The largest absolute Gasteiger partial charge is 0.486 e. The second kappa shape index (κ2) is 12.5. The fourth-order valence-electron chi connectivity index (χ4n) is 4.50. The molecular weight excluding hydrogens is 442 g/mol. The van der Waals surface area contributed by atoms with Crippen molar-refractivity contribution < 1.29 is 23.7 Å². The van der Waals surface area contributed by atoms with Crippen LogP contribution >= 0.6 is 0 Å². The Kier molecular flexibility index (Phi) is 9.18. The highest BCUT2D eigenvalue weighted by Crippen LogP contribution is 2.33.